The van der Waals surface area contributed by atoms with Crippen LogP contribution in [0, 0.1) is 0 Å². The van der Waals surface area contributed by atoms with Crippen LogP contribution in [0.5, 0.6) is 0 Å². The van der Waals surface area contributed by atoms with Crippen LogP contribution in [0.4, 0.5) is 5.69 Å². The molecular formula is C9H8BrCl2N. The van der Waals surface area contributed by atoms with E-state index in [-0.39, 0.29) is 0 Å². The van der Waals surface area contributed by atoms with Gasteiger partial charge in [0.05, 0.1) is 10.7 Å². The largest absolute Gasteiger partial charge is 0.379 e. The number of nitrogens with one attached hydrogen (secondary N) is 1. The Bertz CT molecular complexity index is 325. The lowest BCUT2D eigenvalue weighted by atomic mass is 10.3. The van der Waals surface area contributed by atoms with Gasteiger partial charge in [-0.15, -0.1) is 0 Å². The molecule has 0 aromatic heterocycles. The topological polar surface area (TPSA) is 12.0 Å². The molecule has 1 aromatic carbocycles. The second-order valence-electron chi connectivity index (χ2n) is 2.49. The molecule has 0 saturated carbocycles. The van der Waals surface area contributed by atoms with Crippen molar-refractivity contribution < 1.29 is 0 Å². The number of hydrogen-bond donors (Lipinski definition) is 1. The maximum Gasteiger partial charge on any atom is 0.0652 e. The summed E-state index contributed by atoms with van der Waals surface area (Å²) in [5.41, 5.74) is 0.853. The molecule has 0 bridgehead atoms. The summed E-state index contributed by atoms with van der Waals surface area (Å²) in [4.78, 5) is 0. The van der Waals surface area contributed by atoms with Crippen LogP contribution < -0.4 is 5.32 Å². The zero-order chi connectivity index (χ0) is 9.84. The first kappa shape index (κ1) is 10.9. The van der Waals surface area contributed by atoms with Crippen molar-refractivity contribution >= 4 is 44.8 Å². The Hall–Kier alpha value is -0.180. The monoisotopic (exact) mass is 279 g/mol. The Morgan fingerprint density at radius 1 is 1.46 bits per heavy atom. The molecule has 0 atom stereocenters. The van der Waals surface area contributed by atoms with Crippen LogP contribution in [0.1, 0.15) is 0 Å². The van der Waals surface area contributed by atoms with Crippen LogP contribution in [0.15, 0.2) is 29.3 Å². The molecule has 0 unspecified atom stereocenters. The predicted molar refractivity (Wildman–Crippen MR) is 63.0 cm³/mol. The van der Waals surface area contributed by atoms with E-state index in [1.54, 1.807) is 12.1 Å². The number of halogens is 3. The first-order valence-corrected chi connectivity index (χ1v) is 5.16. The second-order valence-corrected chi connectivity index (χ2v) is 4.46. The van der Waals surface area contributed by atoms with Gasteiger partial charge in [-0.2, -0.15) is 0 Å². The third-order valence-electron chi connectivity index (χ3n) is 1.40. The minimum Gasteiger partial charge on any atom is -0.379 e. The molecule has 1 rings (SSSR count). The molecule has 0 fully saturated rings. The van der Waals surface area contributed by atoms with Crippen molar-refractivity contribution in [2.75, 3.05) is 11.9 Å². The normalized spacial score (nSPS) is 9.77. The van der Waals surface area contributed by atoms with Gasteiger partial charge < -0.3 is 5.32 Å². The smallest absolute Gasteiger partial charge is 0.0652 e. The number of anilines is 1. The predicted octanol–water partition coefficient (Wildman–Crippen LogP) is 4.31. The molecule has 4 heteroatoms. The van der Waals surface area contributed by atoms with E-state index >= 15 is 0 Å². The SMILES string of the molecule is C=C(Br)CNc1ccc(Cl)cc1Cl. The Balaban J connectivity index is 2.72. The molecule has 13 heavy (non-hydrogen) atoms. The van der Waals surface area contributed by atoms with Crippen LogP contribution >= 0.6 is 39.1 Å². The third-order valence-corrected chi connectivity index (χ3v) is 2.23. The van der Waals surface area contributed by atoms with E-state index in [1.807, 2.05) is 6.07 Å². The van der Waals surface area contributed by atoms with Crippen molar-refractivity contribution in [3.05, 3.63) is 39.3 Å². The molecule has 0 heterocycles. The van der Waals surface area contributed by atoms with Crippen LogP contribution in [0.2, 0.25) is 10.0 Å². The average Bonchev–Trinajstić information content (AvgIpc) is 2.02. The summed E-state index contributed by atoms with van der Waals surface area (Å²) in [6.07, 6.45) is 0. The summed E-state index contributed by atoms with van der Waals surface area (Å²) in [5.74, 6) is 0. The molecule has 1 nitrogen and oxygen atoms in total. The maximum atomic E-state index is 5.92. The van der Waals surface area contributed by atoms with E-state index in [2.05, 4.69) is 27.8 Å². The van der Waals surface area contributed by atoms with E-state index in [0.717, 1.165) is 10.2 Å². The zero-order valence-electron chi connectivity index (χ0n) is 6.78. The van der Waals surface area contributed by atoms with E-state index in [1.165, 1.54) is 0 Å². The fourth-order valence-corrected chi connectivity index (χ4v) is 1.44. The highest BCUT2D eigenvalue weighted by Crippen LogP contribution is 2.25. The average molecular weight is 281 g/mol. The van der Waals surface area contributed by atoms with Gasteiger partial charge >= 0.3 is 0 Å². The van der Waals surface area contributed by atoms with Crippen molar-refractivity contribution in [3.63, 3.8) is 0 Å². The van der Waals surface area contributed by atoms with Gasteiger partial charge in [0.1, 0.15) is 0 Å². The minimum absolute atomic E-state index is 0.612. The Kier molecular flexibility index (Phi) is 4.10. The Labute approximate surface area is 95.9 Å². The first-order chi connectivity index (χ1) is 6.09. The van der Waals surface area contributed by atoms with Gasteiger partial charge in [0.2, 0.25) is 0 Å². The molecule has 0 spiro atoms. The zero-order valence-corrected chi connectivity index (χ0v) is 9.88. The molecule has 0 aliphatic heterocycles. The highest BCUT2D eigenvalue weighted by molar-refractivity contribution is 9.11. The summed E-state index contributed by atoms with van der Waals surface area (Å²) >= 11 is 14.9. The van der Waals surface area contributed by atoms with Crippen molar-refractivity contribution in [2.24, 2.45) is 0 Å². The minimum atomic E-state index is 0.612. The Morgan fingerprint density at radius 2 is 2.15 bits per heavy atom. The van der Waals surface area contributed by atoms with Gasteiger partial charge in [0.15, 0.2) is 0 Å². The van der Waals surface area contributed by atoms with E-state index in [4.69, 9.17) is 23.2 Å². The van der Waals surface area contributed by atoms with Crippen molar-refractivity contribution in [3.8, 4) is 0 Å². The lowest BCUT2D eigenvalue weighted by Crippen LogP contribution is -2.00. The maximum absolute atomic E-state index is 5.92. The fraction of sp³-hybridized carbons (Fsp3) is 0.111. The third kappa shape index (κ3) is 3.59. The summed E-state index contributed by atoms with van der Waals surface area (Å²) in [6, 6.07) is 5.32. The highest BCUT2D eigenvalue weighted by Gasteiger charge is 1.99. The quantitative estimate of drug-likeness (QED) is 0.870. The van der Waals surface area contributed by atoms with Crippen LogP contribution in [0.3, 0.4) is 0 Å². The van der Waals surface area contributed by atoms with E-state index in [9.17, 15) is 0 Å². The molecule has 70 valence electrons. The molecule has 0 radical (unpaired) electrons. The van der Waals surface area contributed by atoms with Gasteiger partial charge in [-0.3, -0.25) is 0 Å². The highest BCUT2D eigenvalue weighted by atomic mass is 79.9. The first-order valence-electron chi connectivity index (χ1n) is 3.62. The van der Waals surface area contributed by atoms with Crippen LogP contribution in [-0.2, 0) is 0 Å². The van der Waals surface area contributed by atoms with Crippen LogP contribution in [0.25, 0.3) is 0 Å². The molecule has 1 aromatic rings. The molecule has 0 aliphatic rings. The fourth-order valence-electron chi connectivity index (χ4n) is 0.824. The summed E-state index contributed by atoms with van der Waals surface area (Å²) in [5, 5.41) is 4.35. The van der Waals surface area contributed by atoms with Gasteiger partial charge in [-0.05, 0) is 18.2 Å². The van der Waals surface area contributed by atoms with Crippen molar-refractivity contribution in [1.82, 2.24) is 0 Å². The summed E-state index contributed by atoms with van der Waals surface area (Å²) in [7, 11) is 0. The molecular weight excluding hydrogens is 273 g/mol. The number of benzene rings is 1. The van der Waals surface area contributed by atoms with Gasteiger partial charge in [-0.25, -0.2) is 0 Å². The lowest BCUT2D eigenvalue weighted by Gasteiger charge is -2.07. The van der Waals surface area contributed by atoms with E-state index in [0.29, 0.717) is 16.6 Å². The lowest BCUT2D eigenvalue weighted by molar-refractivity contribution is 1.33. The molecule has 0 saturated heterocycles. The van der Waals surface area contributed by atoms with Crippen LogP contribution in [-0.4, -0.2) is 6.54 Å². The van der Waals surface area contributed by atoms with Gasteiger partial charge in [0.25, 0.3) is 0 Å². The van der Waals surface area contributed by atoms with E-state index < -0.39 is 0 Å². The number of rotatable bonds is 3. The second kappa shape index (κ2) is 4.89. The molecule has 1 N–H and O–H groups in total. The molecule has 0 aliphatic carbocycles. The van der Waals surface area contributed by atoms with Gasteiger partial charge in [-0.1, -0.05) is 45.7 Å². The van der Waals surface area contributed by atoms with Crippen molar-refractivity contribution in [1.29, 1.82) is 0 Å². The summed E-state index contributed by atoms with van der Waals surface area (Å²) < 4.78 is 0.874. The Morgan fingerprint density at radius 3 is 2.69 bits per heavy atom. The molecule has 0 amide bonds. The van der Waals surface area contributed by atoms with Crippen molar-refractivity contribution in [2.45, 2.75) is 0 Å². The standard InChI is InChI=1S/C9H8BrCl2N/c1-6(10)5-13-9-3-2-7(11)4-8(9)12/h2-4,13H,1,5H2. The number of hydrogen-bond acceptors (Lipinski definition) is 1. The summed E-state index contributed by atoms with van der Waals surface area (Å²) in [6.45, 7) is 4.34. The van der Waals surface area contributed by atoms with Gasteiger partial charge in [0, 0.05) is 16.0 Å².